The zero-order valence-electron chi connectivity index (χ0n) is 17.0. The molecule has 0 atom stereocenters. The Hall–Kier alpha value is -2.90. The normalized spacial score (nSPS) is 15.6. The van der Waals surface area contributed by atoms with E-state index < -0.39 is 0 Å². The molecule has 0 bridgehead atoms. The van der Waals surface area contributed by atoms with Crippen LogP contribution in [0.2, 0.25) is 10.0 Å². The van der Waals surface area contributed by atoms with E-state index in [4.69, 9.17) is 23.2 Å². The minimum absolute atomic E-state index is 0.0284. The fraction of sp³-hybridized carbons (Fsp3) is 0.304. The van der Waals surface area contributed by atoms with Crippen LogP contribution >= 0.6 is 23.2 Å². The Labute approximate surface area is 193 Å². The van der Waals surface area contributed by atoms with Gasteiger partial charge < -0.3 is 15.6 Å². The van der Waals surface area contributed by atoms with Crippen LogP contribution in [-0.4, -0.2) is 34.1 Å². The van der Waals surface area contributed by atoms with Crippen molar-refractivity contribution in [1.29, 1.82) is 0 Å². The fourth-order valence-electron chi connectivity index (χ4n) is 3.62. The van der Waals surface area contributed by atoms with E-state index in [1.165, 1.54) is 18.3 Å². The summed E-state index contributed by atoms with van der Waals surface area (Å²) in [6.45, 7) is 0.623. The van der Waals surface area contributed by atoms with Crippen molar-refractivity contribution in [1.82, 2.24) is 15.3 Å². The van der Waals surface area contributed by atoms with Gasteiger partial charge in [0, 0.05) is 41.4 Å². The van der Waals surface area contributed by atoms with Crippen molar-refractivity contribution < 1.29 is 14.4 Å². The van der Waals surface area contributed by atoms with Crippen LogP contribution in [0.3, 0.4) is 0 Å². The van der Waals surface area contributed by atoms with Crippen LogP contribution in [0.5, 0.6) is 0 Å². The lowest BCUT2D eigenvalue weighted by Gasteiger charge is -2.10. The van der Waals surface area contributed by atoms with Crippen molar-refractivity contribution in [2.24, 2.45) is 11.8 Å². The van der Waals surface area contributed by atoms with Gasteiger partial charge in [0.1, 0.15) is 0 Å². The van der Waals surface area contributed by atoms with E-state index in [1.807, 2.05) is 0 Å². The van der Waals surface area contributed by atoms with E-state index in [1.54, 1.807) is 12.3 Å². The first-order chi connectivity index (χ1) is 15.4. The third kappa shape index (κ3) is 4.10. The van der Waals surface area contributed by atoms with Gasteiger partial charge in [-0.3, -0.25) is 14.4 Å². The number of anilines is 1. The number of nitrogens with one attached hydrogen (secondary N) is 3. The molecule has 1 aromatic carbocycles. The maximum atomic E-state index is 13.3. The van der Waals surface area contributed by atoms with Gasteiger partial charge in [0.05, 0.1) is 21.1 Å². The number of amides is 2. The highest BCUT2D eigenvalue weighted by Crippen LogP contribution is 2.34. The lowest BCUT2D eigenvalue weighted by atomic mass is 10.0. The Morgan fingerprint density at radius 3 is 2.47 bits per heavy atom. The maximum Gasteiger partial charge on any atom is 0.251 e. The van der Waals surface area contributed by atoms with Gasteiger partial charge in [0.15, 0.2) is 11.6 Å². The quantitative estimate of drug-likeness (QED) is 0.439. The molecule has 2 heterocycles. The van der Waals surface area contributed by atoms with Gasteiger partial charge in [-0.15, -0.1) is 0 Å². The lowest BCUT2D eigenvalue weighted by Crippen LogP contribution is -2.25. The fourth-order valence-corrected chi connectivity index (χ4v) is 4.28. The summed E-state index contributed by atoms with van der Waals surface area (Å²) in [4.78, 5) is 45.1. The summed E-state index contributed by atoms with van der Waals surface area (Å²) in [5, 5.41) is 6.47. The van der Waals surface area contributed by atoms with Crippen LogP contribution in [0.25, 0.3) is 10.9 Å². The van der Waals surface area contributed by atoms with Crippen LogP contribution < -0.4 is 10.6 Å². The van der Waals surface area contributed by atoms with E-state index in [0.29, 0.717) is 40.3 Å². The van der Waals surface area contributed by atoms with E-state index in [0.717, 1.165) is 25.7 Å². The number of aromatic amines is 1. The molecule has 164 valence electrons. The monoisotopic (exact) mass is 470 g/mol. The highest BCUT2D eigenvalue weighted by molar-refractivity contribution is 6.42. The number of fused-ring (bicyclic) bond motifs is 1. The molecular weight excluding hydrogens is 451 g/mol. The van der Waals surface area contributed by atoms with Gasteiger partial charge in [-0.05, 0) is 49.8 Å². The van der Waals surface area contributed by atoms with Crippen molar-refractivity contribution in [3.05, 3.63) is 57.3 Å². The van der Waals surface area contributed by atoms with Crippen LogP contribution in [-0.2, 0) is 4.79 Å². The predicted molar refractivity (Wildman–Crippen MR) is 122 cm³/mol. The largest absolute Gasteiger partial charge is 0.357 e. The molecule has 2 aliphatic carbocycles. The number of ketones is 1. The Bertz CT molecular complexity index is 1240. The number of hydrogen-bond donors (Lipinski definition) is 3. The first kappa shape index (κ1) is 21.0. The molecular formula is C23H20Cl2N4O3. The summed E-state index contributed by atoms with van der Waals surface area (Å²) in [5.74, 6) is 0.213. The molecule has 7 nitrogen and oxygen atoms in total. The summed E-state index contributed by atoms with van der Waals surface area (Å²) in [5.41, 5.74) is 1.32. The zero-order valence-corrected chi connectivity index (χ0v) is 18.5. The first-order valence-corrected chi connectivity index (χ1v) is 11.3. The molecule has 3 N–H and O–H groups in total. The van der Waals surface area contributed by atoms with E-state index in [-0.39, 0.29) is 39.1 Å². The van der Waals surface area contributed by atoms with E-state index >= 15 is 0 Å². The Balaban J connectivity index is 1.43. The summed E-state index contributed by atoms with van der Waals surface area (Å²) < 4.78 is 0. The number of carbonyl (C=O) groups is 3. The van der Waals surface area contributed by atoms with Crippen molar-refractivity contribution in [2.45, 2.75) is 25.7 Å². The van der Waals surface area contributed by atoms with Gasteiger partial charge >= 0.3 is 0 Å². The minimum Gasteiger partial charge on any atom is -0.357 e. The van der Waals surface area contributed by atoms with Crippen LogP contribution in [0.1, 0.15) is 52.0 Å². The number of benzene rings is 1. The maximum absolute atomic E-state index is 13.3. The average molecular weight is 471 g/mol. The number of pyridine rings is 1. The van der Waals surface area contributed by atoms with E-state index in [9.17, 15) is 14.4 Å². The highest BCUT2D eigenvalue weighted by atomic mass is 35.5. The number of aromatic nitrogens is 2. The second-order valence-electron chi connectivity index (χ2n) is 8.35. The smallest absolute Gasteiger partial charge is 0.251 e. The first-order valence-electron chi connectivity index (χ1n) is 10.5. The molecule has 5 rings (SSSR count). The third-order valence-electron chi connectivity index (χ3n) is 5.82. The molecule has 0 saturated heterocycles. The van der Waals surface area contributed by atoms with Gasteiger partial charge in [0.25, 0.3) is 5.91 Å². The Kier molecular flexibility index (Phi) is 5.39. The van der Waals surface area contributed by atoms with Crippen molar-refractivity contribution in [3.63, 3.8) is 0 Å². The molecule has 0 spiro atoms. The predicted octanol–water partition coefficient (Wildman–Crippen LogP) is 4.59. The van der Waals surface area contributed by atoms with Crippen LogP contribution in [0, 0.1) is 11.8 Å². The molecule has 0 unspecified atom stereocenters. The van der Waals surface area contributed by atoms with Crippen molar-refractivity contribution in [3.8, 4) is 0 Å². The summed E-state index contributed by atoms with van der Waals surface area (Å²) in [6, 6.07) is 4.61. The lowest BCUT2D eigenvalue weighted by molar-refractivity contribution is -0.117. The van der Waals surface area contributed by atoms with E-state index in [2.05, 4.69) is 20.6 Å². The molecule has 0 radical (unpaired) electrons. The summed E-state index contributed by atoms with van der Waals surface area (Å²) >= 11 is 12.8. The summed E-state index contributed by atoms with van der Waals surface area (Å²) in [6.07, 6.45) is 7.09. The number of nitrogens with zero attached hydrogens (tertiary/aromatic N) is 1. The minimum atomic E-state index is -0.387. The molecule has 3 aromatic rings. The van der Waals surface area contributed by atoms with Crippen molar-refractivity contribution in [2.75, 3.05) is 11.9 Å². The molecule has 9 heteroatoms. The molecule has 2 amide bonds. The number of carbonyl (C=O) groups excluding carboxylic acids is 3. The molecule has 2 fully saturated rings. The summed E-state index contributed by atoms with van der Waals surface area (Å²) in [7, 11) is 0. The van der Waals surface area contributed by atoms with Gasteiger partial charge in [-0.25, -0.2) is 4.98 Å². The standard InChI is InChI=1S/C23H20Cl2N4O3/c24-16-7-13(22(31)28-9-11-1-2-11)8-17(25)18(16)20(30)15-10-27-19-14(15)5-6-26-21(19)29-23(32)12-3-4-12/h5-8,10-12,27H,1-4,9H2,(H,28,31)(H,26,29,32). The van der Waals surface area contributed by atoms with Crippen LogP contribution in [0.15, 0.2) is 30.6 Å². The third-order valence-corrected chi connectivity index (χ3v) is 6.41. The number of rotatable bonds is 7. The van der Waals surface area contributed by atoms with Gasteiger partial charge in [-0.2, -0.15) is 0 Å². The van der Waals surface area contributed by atoms with Gasteiger partial charge in [0.2, 0.25) is 5.91 Å². The topological polar surface area (TPSA) is 104 Å². The van der Waals surface area contributed by atoms with Crippen molar-refractivity contribution >= 4 is 57.5 Å². The SMILES string of the molecule is O=C(NCC1CC1)c1cc(Cl)c(C(=O)c2c[nH]c3c(NC(=O)C4CC4)nccc23)c(Cl)c1. The number of hydrogen-bond acceptors (Lipinski definition) is 4. The average Bonchev–Trinajstić information content (AvgIpc) is 3.69. The molecule has 2 aliphatic rings. The number of H-pyrrole nitrogens is 1. The van der Waals surface area contributed by atoms with Gasteiger partial charge in [-0.1, -0.05) is 23.2 Å². The molecule has 2 saturated carbocycles. The second-order valence-corrected chi connectivity index (χ2v) is 9.16. The Morgan fingerprint density at radius 2 is 1.81 bits per heavy atom. The highest BCUT2D eigenvalue weighted by Gasteiger charge is 2.30. The zero-order chi connectivity index (χ0) is 22.4. The number of halogens is 2. The molecule has 2 aromatic heterocycles. The second kappa shape index (κ2) is 8.22. The van der Waals surface area contributed by atoms with Crippen LogP contribution in [0.4, 0.5) is 5.82 Å². The molecule has 32 heavy (non-hydrogen) atoms. The molecule has 0 aliphatic heterocycles. The Morgan fingerprint density at radius 1 is 1.09 bits per heavy atom.